The third-order valence-corrected chi connectivity index (χ3v) is 5.50. The molecule has 2 heterocycles. The van der Waals surface area contributed by atoms with Crippen molar-refractivity contribution in [3.05, 3.63) is 35.4 Å². The van der Waals surface area contributed by atoms with Gasteiger partial charge in [-0.05, 0) is 51.3 Å². The molecular weight excluding hydrogens is 486 g/mol. The summed E-state index contributed by atoms with van der Waals surface area (Å²) >= 11 is 0. The highest BCUT2D eigenvalue weighted by Gasteiger charge is 2.49. The minimum absolute atomic E-state index is 0.0270. The zero-order valence-electron chi connectivity index (χ0n) is 19.3. The van der Waals surface area contributed by atoms with E-state index in [1.165, 1.54) is 12.1 Å². The number of nitrogens with zero attached hydrogens (tertiary/aromatic N) is 2. The Labute approximate surface area is 201 Å². The van der Waals surface area contributed by atoms with E-state index < -0.39 is 52.0 Å². The molecule has 1 aromatic rings. The fraction of sp³-hybridized carbons (Fsp3) is 0.500. The fourth-order valence-corrected chi connectivity index (χ4v) is 4.03. The van der Waals surface area contributed by atoms with Crippen LogP contribution in [-0.2, 0) is 30.8 Å². The van der Waals surface area contributed by atoms with Crippen LogP contribution in [-0.4, -0.2) is 71.1 Å². The van der Waals surface area contributed by atoms with E-state index in [0.29, 0.717) is 5.06 Å². The first-order valence-corrected chi connectivity index (χ1v) is 12.0. The Kier molecular flexibility index (Phi) is 7.52. The highest BCUT2D eigenvalue weighted by molar-refractivity contribution is 7.80. The predicted molar refractivity (Wildman–Crippen MR) is 119 cm³/mol. The van der Waals surface area contributed by atoms with Crippen molar-refractivity contribution in [3.63, 3.8) is 0 Å². The first-order chi connectivity index (χ1) is 16.2. The van der Waals surface area contributed by atoms with Crippen molar-refractivity contribution in [3.8, 4) is 0 Å². The van der Waals surface area contributed by atoms with E-state index in [1.54, 1.807) is 32.9 Å². The number of nitrogens with one attached hydrogen (secondary N) is 3. The lowest BCUT2D eigenvalue weighted by Gasteiger charge is -2.29. The monoisotopic (exact) mass is 513 g/mol. The van der Waals surface area contributed by atoms with E-state index in [2.05, 4.69) is 20.5 Å². The SMILES string of the molecule is CC(C)(C)OC(=O)NCc1ccc(C(=O)NNC(=O)C2CCC3CN2C(=O)N3OS(=O)(=O)O)cc1. The number of hydroxylamine groups is 2. The van der Waals surface area contributed by atoms with Gasteiger partial charge >= 0.3 is 22.5 Å². The van der Waals surface area contributed by atoms with E-state index in [4.69, 9.17) is 9.29 Å². The maximum atomic E-state index is 12.6. The third kappa shape index (κ3) is 7.03. The molecule has 3 rings (SSSR count). The fourth-order valence-electron chi connectivity index (χ4n) is 3.64. The largest absolute Gasteiger partial charge is 0.444 e. The average molecular weight is 514 g/mol. The quantitative estimate of drug-likeness (QED) is 0.310. The number of urea groups is 1. The van der Waals surface area contributed by atoms with Crippen LogP contribution in [0.3, 0.4) is 0 Å². The van der Waals surface area contributed by atoms with Crippen molar-refractivity contribution < 1.29 is 41.2 Å². The molecule has 35 heavy (non-hydrogen) atoms. The lowest BCUT2D eigenvalue weighted by atomic mass is 10.0. The Hall–Kier alpha value is -3.43. The Balaban J connectivity index is 1.49. The lowest BCUT2D eigenvalue weighted by molar-refractivity contribution is -0.126. The van der Waals surface area contributed by atoms with E-state index in [1.807, 2.05) is 0 Å². The van der Waals surface area contributed by atoms with Gasteiger partial charge < -0.3 is 15.0 Å². The van der Waals surface area contributed by atoms with Gasteiger partial charge in [-0.25, -0.2) is 9.59 Å². The van der Waals surface area contributed by atoms with Crippen molar-refractivity contribution in [2.24, 2.45) is 0 Å². The predicted octanol–water partition coefficient (Wildman–Crippen LogP) is 0.475. The van der Waals surface area contributed by atoms with Crippen LogP contribution in [0.2, 0.25) is 0 Å². The van der Waals surface area contributed by atoms with Crippen LogP contribution in [0.4, 0.5) is 9.59 Å². The number of benzene rings is 1. The van der Waals surface area contributed by atoms with Crippen LogP contribution in [0.25, 0.3) is 0 Å². The first kappa shape index (κ1) is 26.2. The summed E-state index contributed by atoms with van der Waals surface area (Å²) in [6.07, 6.45) is -0.119. The second kappa shape index (κ2) is 10.1. The van der Waals surface area contributed by atoms with E-state index >= 15 is 0 Å². The van der Waals surface area contributed by atoms with Crippen LogP contribution < -0.4 is 16.2 Å². The van der Waals surface area contributed by atoms with E-state index in [-0.39, 0.29) is 31.5 Å². The number of amides is 5. The number of hydrazine groups is 1. The second-order valence-corrected chi connectivity index (χ2v) is 10.0. The summed E-state index contributed by atoms with van der Waals surface area (Å²) in [5.74, 6) is -1.28. The van der Waals surface area contributed by atoms with Gasteiger partial charge in [0, 0.05) is 18.7 Å². The molecule has 192 valence electrons. The van der Waals surface area contributed by atoms with Crippen LogP contribution in [0.15, 0.2) is 24.3 Å². The molecular formula is C20H27N5O9S. The molecule has 15 heteroatoms. The van der Waals surface area contributed by atoms with Gasteiger partial charge in [-0.2, -0.15) is 13.5 Å². The van der Waals surface area contributed by atoms with E-state index in [0.717, 1.165) is 10.5 Å². The molecule has 2 aliphatic rings. The zero-order chi connectivity index (χ0) is 26.0. The molecule has 2 aliphatic heterocycles. The summed E-state index contributed by atoms with van der Waals surface area (Å²) in [5.41, 5.74) is 4.86. The number of carbonyl (C=O) groups is 4. The van der Waals surface area contributed by atoms with Gasteiger partial charge in [-0.1, -0.05) is 12.1 Å². The van der Waals surface area contributed by atoms with Gasteiger partial charge in [-0.15, -0.1) is 4.28 Å². The molecule has 2 atom stereocenters. The molecule has 2 bridgehead atoms. The van der Waals surface area contributed by atoms with Crippen LogP contribution in [0.5, 0.6) is 0 Å². The Morgan fingerprint density at radius 1 is 1.11 bits per heavy atom. The van der Waals surface area contributed by atoms with E-state index in [9.17, 15) is 27.6 Å². The summed E-state index contributed by atoms with van der Waals surface area (Å²) in [6.45, 7) is 5.47. The number of rotatable bonds is 6. The molecule has 0 saturated carbocycles. The molecule has 0 aromatic heterocycles. The molecule has 0 spiro atoms. The minimum Gasteiger partial charge on any atom is -0.444 e. The maximum absolute atomic E-state index is 12.6. The normalized spacial score (nSPS) is 19.8. The van der Waals surface area contributed by atoms with Crippen molar-refractivity contribution in [1.29, 1.82) is 0 Å². The van der Waals surface area contributed by atoms with Crippen LogP contribution in [0, 0.1) is 0 Å². The Bertz CT molecular complexity index is 1100. The molecule has 4 N–H and O–H groups in total. The van der Waals surface area contributed by atoms with Crippen molar-refractivity contribution >= 4 is 34.3 Å². The standard InChI is InChI=1S/C20H27N5O9S/c1-20(2,3)33-18(28)21-10-12-4-6-13(7-5-12)16(26)22-23-17(27)15-9-8-14-11-24(15)19(29)25(14)34-35(30,31)32/h4-7,14-15H,8-11H2,1-3H3,(H,21,28)(H,22,26)(H,23,27)(H,30,31,32). The molecule has 0 aliphatic carbocycles. The summed E-state index contributed by atoms with van der Waals surface area (Å²) in [7, 11) is -4.89. The number of hydrogen-bond donors (Lipinski definition) is 4. The molecule has 1 aromatic carbocycles. The highest BCUT2D eigenvalue weighted by Crippen LogP contribution is 2.30. The molecule has 2 unspecified atom stereocenters. The van der Waals surface area contributed by atoms with Crippen molar-refractivity contribution in [2.75, 3.05) is 6.54 Å². The minimum atomic E-state index is -4.89. The number of ether oxygens (including phenoxy) is 1. The van der Waals surface area contributed by atoms with Crippen molar-refractivity contribution in [2.45, 2.75) is 57.8 Å². The molecule has 2 fully saturated rings. The van der Waals surface area contributed by atoms with Gasteiger partial charge in [0.25, 0.3) is 11.8 Å². The van der Waals surface area contributed by atoms with Gasteiger partial charge in [-0.3, -0.25) is 25.0 Å². The van der Waals surface area contributed by atoms with Gasteiger partial charge in [0.15, 0.2) is 0 Å². The Morgan fingerprint density at radius 2 is 1.77 bits per heavy atom. The smallest absolute Gasteiger partial charge is 0.418 e. The number of piperidine rings is 1. The third-order valence-electron chi connectivity index (χ3n) is 5.15. The number of fused-ring (bicyclic) bond motifs is 2. The zero-order valence-corrected chi connectivity index (χ0v) is 20.1. The summed E-state index contributed by atoms with van der Waals surface area (Å²) in [6, 6.07) is 3.79. The molecule has 2 saturated heterocycles. The molecule has 5 amide bonds. The van der Waals surface area contributed by atoms with Gasteiger partial charge in [0.2, 0.25) is 0 Å². The average Bonchev–Trinajstić information content (AvgIpc) is 2.98. The summed E-state index contributed by atoms with van der Waals surface area (Å²) < 4.78 is 40.2. The van der Waals surface area contributed by atoms with Crippen LogP contribution in [0.1, 0.15) is 49.5 Å². The molecule has 0 radical (unpaired) electrons. The summed E-state index contributed by atoms with van der Waals surface area (Å²) in [4.78, 5) is 50.2. The second-order valence-electron chi connectivity index (χ2n) is 9.01. The van der Waals surface area contributed by atoms with Gasteiger partial charge in [0.05, 0.1) is 6.04 Å². The maximum Gasteiger partial charge on any atom is 0.418 e. The summed E-state index contributed by atoms with van der Waals surface area (Å²) in [5, 5.41) is 3.13. The topological polar surface area (TPSA) is 184 Å². The number of alkyl carbamates (subject to hydrolysis) is 1. The van der Waals surface area contributed by atoms with Crippen molar-refractivity contribution in [1.82, 2.24) is 26.1 Å². The lowest BCUT2D eigenvalue weighted by Crippen LogP contribution is -2.54. The first-order valence-electron chi connectivity index (χ1n) is 10.7. The number of carbonyl (C=O) groups excluding carboxylic acids is 4. The van der Waals surface area contributed by atoms with Crippen LogP contribution >= 0.6 is 0 Å². The Morgan fingerprint density at radius 3 is 2.37 bits per heavy atom. The molecule has 14 nitrogen and oxygen atoms in total. The number of hydrogen-bond acceptors (Lipinski definition) is 8. The van der Waals surface area contributed by atoms with Gasteiger partial charge in [0.1, 0.15) is 11.6 Å². The highest BCUT2D eigenvalue weighted by atomic mass is 32.3.